The molecule has 112 valence electrons. The Morgan fingerprint density at radius 3 is 2.59 bits per heavy atom. The molecule has 1 unspecified atom stereocenters. The molecule has 1 amide bonds. The second-order valence-corrected chi connectivity index (χ2v) is 5.54. The summed E-state index contributed by atoms with van der Waals surface area (Å²) in [5.41, 5.74) is 0.742. The van der Waals surface area contributed by atoms with E-state index in [1.165, 1.54) is 0 Å². The zero-order chi connectivity index (χ0) is 15.5. The topological polar surface area (TPSA) is 55.4 Å². The van der Waals surface area contributed by atoms with E-state index in [2.05, 4.69) is 5.32 Å². The quantitative estimate of drug-likeness (QED) is 0.882. The van der Waals surface area contributed by atoms with Crippen molar-refractivity contribution in [2.45, 2.75) is 6.42 Å². The van der Waals surface area contributed by atoms with Gasteiger partial charge in [-0.15, -0.1) is 0 Å². The van der Waals surface area contributed by atoms with Crippen molar-refractivity contribution < 1.29 is 14.3 Å². The van der Waals surface area contributed by atoms with E-state index < -0.39 is 5.92 Å². The van der Waals surface area contributed by atoms with Crippen LogP contribution < -0.4 is 10.1 Å². The molecule has 0 spiro atoms. The second-order valence-electron chi connectivity index (χ2n) is 5.11. The number of halogens is 1. The number of carbonyl (C=O) groups is 2. The largest absolute Gasteiger partial charge is 0.457 e. The zero-order valence-corrected chi connectivity index (χ0v) is 12.5. The third kappa shape index (κ3) is 3.12. The van der Waals surface area contributed by atoms with Gasteiger partial charge in [0.05, 0.1) is 6.54 Å². The van der Waals surface area contributed by atoms with Crippen LogP contribution in [0.2, 0.25) is 5.02 Å². The molecule has 1 N–H and O–H groups in total. The Hall–Kier alpha value is -2.33. The Morgan fingerprint density at radius 2 is 1.91 bits per heavy atom. The van der Waals surface area contributed by atoms with Gasteiger partial charge in [-0.05, 0) is 42.3 Å². The van der Waals surface area contributed by atoms with E-state index in [9.17, 15) is 9.59 Å². The van der Waals surface area contributed by atoms with Crippen LogP contribution in [0.5, 0.6) is 11.5 Å². The van der Waals surface area contributed by atoms with Gasteiger partial charge in [-0.2, -0.15) is 0 Å². The summed E-state index contributed by atoms with van der Waals surface area (Å²) >= 11 is 6.04. The van der Waals surface area contributed by atoms with E-state index in [1.54, 1.807) is 18.2 Å². The fraction of sp³-hybridized carbons (Fsp3) is 0.176. The predicted molar refractivity (Wildman–Crippen MR) is 83.2 cm³/mol. The summed E-state index contributed by atoms with van der Waals surface area (Å²) in [6.07, 6.45) is 0.285. The zero-order valence-electron chi connectivity index (χ0n) is 11.7. The first-order chi connectivity index (χ1) is 10.6. The summed E-state index contributed by atoms with van der Waals surface area (Å²) < 4.78 is 5.84. The molecule has 5 heteroatoms. The number of hydrogen-bond donors (Lipinski definition) is 1. The molecule has 1 fully saturated rings. The maximum atomic E-state index is 11.8. The molecule has 1 heterocycles. The first-order valence-electron chi connectivity index (χ1n) is 6.95. The molecule has 22 heavy (non-hydrogen) atoms. The fourth-order valence-electron chi connectivity index (χ4n) is 2.42. The molecule has 1 aliphatic heterocycles. The molecule has 2 aromatic carbocycles. The summed E-state index contributed by atoms with van der Waals surface area (Å²) in [6.45, 7) is 0.0962. The van der Waals surface area contributed by atoms with E-state index in [4.69, 9.17) is 16.3 Å². The van der Waals surface area contributed by atoms with Crippen LogP contribution >= 0.6 is 11.6 Å². The summed E-state index contributed by atoms with van der Waals surface area (Å²) in [5, 5.41) is 3.10. The van der Waals surface area contributed by atoms with Crippen molar-refractivity contribution >= 4 is 23.3 Å². The number of benzene rings is 2. The van der Waals surface area contributed by atoms with E-state index in [-0.39, 0.29) is 24.7 Å². The maximum Gasteiger partial charge on any atom is 0.231 e. The van der Waals surface area contributed by atoms with Crippen molar-refractivity contribution in [1.29, 1.82) is 0 Å². The summed E-state index contributed by atoms with van der Waals surface area (Å²) in [5.74, 6) is 0.277. The molecule has 0 radical (unpaired) electrons. The molecule has 1 saturated heterocycles. The minimum absolute atomic E-state index is 0.0962. The molecule has 3 rings (SSSR count). The van der Waals surface area contributed by atoms with Crippen LogP contribution in [0.3, 0.4) is 0 Å². The molecular weight excluding hydrogens is 302 g/mol. The molecule has 1 aliphatic rings. The first-order valence-corrected chi connectivity index (χ1v) is 7.33. The number of para-hydroxylation sites is 1. The summed E-state index contributed by atoms with van der Waals surface area (Å²) in [4.78, 5) is 23.5. The lowest BCUT2D eigenvalue weighted by molar-refractivity contribution is -0.127. The number of hydrogen-bond acceptors (Lipinski definition) is 3. The minimum atomic E-state index is -0.670. The van der Waals surface area contributed by atoms with E-state index in [0.717, 1.165) is 5.56 Å². The van der Waals surface area contributed by atoms with Crippen molar-refractivity contribution in [2.24, 2.45) is 5.92 Å². The lowest BCUT2D eigenvalue weighted by atomic mass is 9.96. The normalized spacial score (nSPS) is 17.4. The molecule has 1 atom stereocenters. The standard InChI is InChI=1S/C17H14ClNO3/c18-12-6-7-16(22-13-4-2-1-3-5-13)11(8-12)9-14-15(20)10-19-17(14)21/h1-8,14H,9-10H2,(H,19,21). The number of carbonyl (C=O) groups excluding carboxylic acids is 2. The van der Waals surface area contributed by atoms with Crippen molar-refractivity contribution in [3.63, 3.8) is 0 Å². The Kier molecular flexibility index (Phi) is 4.11. The number of rotatable bonds is 4. The molecule has 0 saturated carbocycles. The molecule has 0 aromatic heterocycles. The highest BCUT2D eigenvalue weighted by molar-refractivity contribution is 6.30. The van der Waals surface area contributed by atoms with Gasteiger partial charge in [0, 0.05) is 5.02 Å². The van der Waals surface area contributed by atoms with Gasteiger partial charge in [0.2, 0.25) is 5.91 Å². The highest BCUT2D eigenvalue weighted by atomic mass is 35.5. The Bertz CT molecular complexity index is 699. The smallest absolute Gasteiger partial charge is 0.231 e. The first kappa shape index (κ1) is 14.6. The van der Waals surface area contributed by atoms with Crippen molar-refractivity contribution in [2.75, 3.05) is 6.54 Å². The van der Waals surface area contributed by atoms with Gasteiger partial charge in [-0.25, -0.2) is 0 Å². The van der Waals surface area contributed by atoms with E-state index >= 15 is 0 Å². The van der Waals surface area contributed by atoms with Crippen LogP contribution in [0.15, 0.2) is 48.5 Å². The minimum Gasteiger partial charge on any atom is -0.457 e. The highest BCUT2D eigenvalue weighted by Crippen LogP contribution is 2.30. The lowest BCUT2D eigenvalue weighted by Crippen LogP contribution is -2.22. The van der Waals surface area contributed by atoms with E-state index in [1.807, 2.05) is 30.3 Å². The average molecular weight is 316 g/mol. The van der Waals surface area contributed by atoms with Gasteiger partial charge in [0.15, 0.2) is 5.78 Å². The van der Waals surface area contributed by atoms with Gasteiger partial charge in [-0.1, -0.05) is 29.8 Å². The molecule has 0 bridgehead atoms. The van der Waals surface area contributed by atoms with Crippen molar-refractivity contribution in [3.8, 4) is 11.5 Å². The fourth-order valence-corrected chi connectivity index (χ4v) is 2.61. The van der Waals surface area contributed by atoms with Crippen molar-refractivity contribution in [3.05, 3.63) is 59.1 Å². The van der Waals surface area contributed by atoms with Gasteiger partial charge < -0.3 is 10.1 Å². The van der Waals surface area contributed by atoms with Crippen LogP contribution in [0.1, 0.15) is 5.56 Å². The number of Topliss-reactive ketones (excluding diaryl/α,β-unsaturated/α-hetero) is 1. The average Bonchev–Trinajstić information content (AvgIpc) is 2.83. The molecule has 2 aromatic rings. The second kappa shape index (κ2) is 6.20. The van der Waals surface area contributed by atoms with Gasteiger partial charge >= 0.3 is 0 Å². The van der Waals surface area contributed by atoms with Crippen LogP contribution in [0, 0.1) is 5.92 Å². The summed E-state index contributed by atoms with van der Waals surface area (Å²) in [6, 6.07) is 14.5. The third-order valence-corrected chi connectivity index (χ3v) is 3.79. The summed E-state index contributed by atoms with van der Waals surface area (Å²) in [7, 11) is 0. The van der Waals surface area contributed by atoms with Crippen LogP contribution in [-0.4, -0.2) is 18.2 Å². The third-order valence-electron chi connectivity index (χ3n) is 3.56. The lowest BCUT2D eigenvalue weighted by Gasteiger charge is -2.13. The van der Waals surface area contributed by atoms with Gasteiger partial charge in [0.1, 0.15) is 17.4 Å². The Labute approximate surface area is 133 Å². The number of amides is 1. The number of ketones is 1. The predicted octanol–water partition coefficient (Wildman–Crippen LogP) is 2.99. The highest BCUT2D eigenvalue weighted by Gasteiger charge is 2.33. The van der Waals surface area contributed by atoms with E-state index in [0.29, 0.717) is 16.5 Å². The Balaban J connectivity index is 1.88. The van der Waals surface area contributed by atoms with Gasteiger partial charge in [-0.3, -0.25) is 9.59 Å². The molecular formula is C17H14ClNO3. The monoisotopic (exact) mass is 315 g/mol. The molecule has 0 aliphatic carbocycles. The molecule has 4 nitrogen and oxygen atoms in total. The number of nitrogens with one attached hydrogen (secondary N) is 1. The number of ether oxygens (including phenoxy) is 1. The van der Waals surface area contributed by atoms with Crippen LogP contribution in [0.4, 0.5) is 0 Å². The Morgan fingerprint density at radius 1 is 1.14 bits per heavy atom. The SMILES string of the molecule is O=C1CNC(=O)C1Cc1cc(Cl)ccc1Oc1ccccc1. The van der Waals surface area contributed by atoms with Crippen LogP contribution in [0.25, 0.3) is 0 Å². The van der Waals surface area contributed by atoms with Gasteiger partial charge in [0.25, 0.3) is 0 Å². The van der Waals surface area contributed by atoms with Crippen molar-refractivity contribution in [1.82, 2.24) is 5.32 Å². The van der Waals surface area contributed by atoms with Crippen LogP contribution in [-0.2, 0) is 16.0 Å². The maximum absolute atomic E-state index is 11.8.